The highest BCUT2D eigenvalue weighted by molar-refractivity contribution is 6.02. The van der Waals surface area contributed by atoms with Gasteiger partial charge in [0.15, 0.2) is 11.4 Å². The number of benzene rings is 2. The second-order valence-corrected chi connectivity index (χ2v) is 8.39. The molecular formula is C24H24N4O3. The van der Waals surface area contributed by atoms with Gasteiger partial charge in [-0.1, -0.05) is 36.8 Å². The molecule has 1 N–H and O–H groups in total. The van der Waals surface area contributed by atoms with Gasteiger partial charge in [-0.2, -0.15) is 0 Å². The molecule has 3 aromatic rings. The largest absolute Gasteiger partial charge is 0.445 e. The van der Waals surface area contributed by atoms with Crippen molar-refractivity contribution in [2.24, 2.45) is 0 Å². The number of anilines is 1. The van der Waals surface area contributed by atoms with Crippen molar-refractivity contribution in [1.82, 2.24) is 14.8 Å². The number of hydrogen-bond donors (Lipinski definition) is 1. The Morgan fingerprint density at radius 1 is 1.10 bits per heavy atom. The Kier molecular flexibility index (Phi) is 4.81. The summed E-state index contributed by atoms with van der Waals surface area (Å²) in [6.07, 6.45) is 4.71. The number of aryl methyl sites for hydroxylation is 1. The number of hydrogen-bond acceptors (Lipinski definition) is 5. The fraction of sp³-hybridized carbons (Fsp3) is 0.333. The highest BCUT2D eigenvalue weighted by atomic mass is 16.6. The molecule has 0 spiro atoms. The average molecular weight is 416 g/mol. The van der Waals surface area contributed by atoms with E-state index in [-0.39, 0.29) is 5.91 Å². The molecule has 2 aromatic carbocycles. The van der Waals surface area contributed by atoms with E-state index in [9.17, 15) is 9.59 Å². The summed E-state index contributed by atoms with van der Waals surface area (Å²) in [6.45, 7) is 2.56. The topological polar surface area (TPSA) is 86.1 Å². The lowest BCUT2D eigenvalue weighted by Gasteiger charge is -2.33. The molecule has 0 saturated carbocycles. The highest BCUT2D eigenvalue weighted by Gasteiger charge is 2.42. The SMILES string of the molecule is CC1(C(=O)Nc2cccc(-c3nnc4n3CCCCC4)c2)Cc2ccccc2C(=O)O1. The number of esters is 1. The molecule has 1 amide bonds. The quantitative estimate of drug-likeness (QED) is 0.657. The van der Waals surface area contributed by atoms with Crippen molar-refractivity contribution in [3.05, 3.63) is 65.5 Å². The van der Waals surface area contributed by atoms with Crippen LogP contribution in [0.5, 0.6) is 0 Å². The third kappa shape index (κ3) is 3.60. The normalized spacial score (nSPS) is 20.2. The van der Waals surface area contributed by atoms with Crippen molar-refractivity contribution in [2.75, 3.05) is 5.32 Å². The number of cyclic esters (lactones) is 1. The number of rotatable bonds is 3. The fourth-order valence-corrected chi connectivity index (χ4v) is 4.36. The number of ether oxygens (including phenoxy) is 1. The predicted octanol–water partition coefficient (Wildman–Crippen LogP) is 3.78. The number of nitrogens with zero attached hydrogens (tertiary/aromatic N) is 3. The maximum Gasteiger partial charge on any atom is 0.339 e. The maximum atomic E-state index is 13.1. The summed E-state index contributed by atoms with van der Waals surface area (Å²) in [7, 11) is 0. The van der Waals surface area contributed by atoms with E-state index in [2.05, 4.69) is 20.1 Å². The second kappa shape index (κ2) is 7.65. The molecule has 5 rings (SSSR count). The molecule has 1 unspecified atom stereocenters. The standard InChI is InChI=1S/C24H24N4O3/c1-24(15-17-8-4-5-11-19(17)22(29)31-24)23(30)25-18-10-7-9-16(14-18)21-27-26-20-12-3-2-6-13-28(20)21/h4-5,7-11,14H,2-3,6,12-13,15H2,1H3,(H,25,30). The van der Waals surface area contributed by atoms with Crippen molar-refractivity contribution in [2.45, 2.75) is 51.2 Å². The van der Waals surface area contributed by atoms with E-state index < -0.39 is 11.6 Å². The van der Waals surface area contributed by atoms with Gasteiger partial charge in [0.25, 0.3) is 5.91 Å². The van der Waals surface area contributed by atoms with Crippen molar-refractivity contribution in [3.63, 3.8) is 0 Å². The molecular weight excluding hydrogens is 392 g/mol. The van der Waals surface area contributed by atoms with Gasteiger partial charge < -0.3 is 14.6 Å². The molecule has 0 fully saturated rings. The summed E-state index contributed by atoms with van der Waals surface area (Å²) in [4.78, 5) is 25.5. The van der Waals surface area contributed by atoms with Crippen LogP contribution in [0.1, 0.15) is 47.9 Å². The van der Waals surface area contributed by atoms with Crippen LogP contribution >= 0.6 is 0 Å². The van der Waals surface area contributed by atoms with Crippen LogP contribution in [0.2, 0.25) is 0 Å². The Hall–Kier alpha value is -3.48. The Morgan fingerprint density at radius 3 is 2.87 bits per heavy atom. The van der Waals surface area contributed by atoms with Crippen molar-refractivity contribution in [1.29, 1.82) is 0 Å². The molecule has 7 nitrogen and oxygen atoms in total. The summed E-state index contributed by atoms with van der Waals surface area (Å²) < 4.78 is 7.72. The zero-order valence-electron chi connectivity index (χ0n) is 17.4. The summed E-state index contributed by atoms with van der Waals surface area (Å²) in [5, 5.41) is 11.7. The molecule has 0 bridgehead atoms. The van der Waals surface area contributed by atoms with Crippen molar-refractivity contribution >= 4 is 17.6 Å². The predicted molar refractivity (Wildman–Crippen MR) is 116 cm³/mol. The third-order valence-corrected chi connectivity index (χ3v) is 6.05. The highest BCUT2D eigenvalue weighted by Crippen LogP contribution is 2.30. The minimum absolute atomic E-state index is 0.331. The molecule has 2 aliphatic rings. The van der Waals surface area contributed by atoms with E-state index in [1.165, 1.54) is 6.42 Å². The first-order chi connectivity index (χ1) is 15.0. The average Bonchev–Trinajstić information content (AvgIpc) is 3.02. The van der Waals surface area contributed by atoms with Crippen LogP contribution in [-0.2, 0) is 28.9 Å². The van der Waals surface area contributed by atoms with Crippen LogP contribution in [0.4, 0.5) is 5.69 Å². The van der Waals surface area contributed by atoms with Crippen LogP contribution in [0.15, 0.2) is 48.5 Å². The zero-order valence-corrected chi connectivity index (χ0v) is 17.4. The van der Waals surface area contributed by atoms with Crippen LogP contribution < -0.4 is 5.32 Å². The minimum Gasteiger partial charge on any atom is -0.445 e. The van der Waals surface area contributed by atoms with Crippen LogP contribution in [0.25, 0.3) is 11.4 Å². The summed E-state index contributed by atoms with van der Waals surface area (Å²) in [5.41, 5.74) is 1.59. The number of carbonyl (C=O) groups excluding carboxylic acids is 2. The van der Waals surface area contributed by atoms with Gasteiger partial charge in [-0.05, 0) is 43.5 Å². The lowest BCUT2D eigenvalue weighted by atomic mass is 9.89. The van der Waals surface area contributed by atoms with Gasteiger partial charge in [-0.3, -0.25) is 4.79 Å². The molecule has 0 saturated heterocycles. The van der Waals surface area contributed by atoms with Crippen molar-refractivity contribution < 1.29 is 14.3 Å². The van der Waals surface area contributed by atoms with Gasteiger partial charge in [-0.25, -0.2) is 4.79 Å². The van der Waals surface area contributed by atoms with E-state index in [0.29, 0.717) is 17.7 Å². The number of aromatic nitrogens is 3. The lowest BCUT2D eigenvalue weighted by Crippen LogP contribution is -2.48. The Morgan fingerprint density at radius 2 is 1.97 bits per heavy atom. The van der Waals surface area contributed by atoms with E-state index in [1.54, 1.807) is 19.1 Å². The smallest absolute Gasteiger partial charge is 0.339 e. The van der Waals surface area contributed by atoms with Crippen LogP contribution in [-0.4, -0.2) is 32.2 Å². The second-order valence-electron chi connectivity index (χ2n) is 8.39. The van der Waals surface area contributed by atoms with E-state index >= 15 is 0 Å². The first-order valence-electron chi connectivity index (χ1n) is 10.7. The summed E-state index contributed by atoms with van der Waals surface area (Å²) >= 11 is 0. The molecule has 1 atom stereocenters. The van der Waals surface area contributed by atoms with Gasteiger partial charge in [-0.15, -0.1) is 10.2 Å². The number of fused-ring (bicyclic) bond motifs is 2. The van der Waals surface area contributed by atoms with Crippen LogP contribution in [0.3, 0.4) is 0 Å². The lowest BCUT2D eigenvalue weighted by molar-refractivity contribution is -0.134. The monoisotopic (exact) mass is 416 g/mol. The van der Waals surface area contributed by atoms with Gasteiger partial charge in [0.1, 0.15) is 5.82 Å². The van der Waals surface area contributed by atoms with E-state index in [4.69, 9.17) is 4.74 Å². The number of carbonyl (C=O) groups is 2. The molecule has 1 aromatic heterocycles. The Bertz CT molecular complexity index is 1170. The number of nitrogens with one attached hydrogen (secondary N) is 1. The maximum absolute atomic E-state index is 13.1. The van der Waals surface area contributed by atoms with Crippen molar-refractivity contribution in [3.8, 4) is 11.4 Å². The van der Waals surface area contributed by atoms with Gasteiger partial charge in [0.2, 0.25) is 0 Å². The first kappa shape index (κ1) is 19.5. The third-order valence-electron chi connectivity index (χ3n) is 6.05. The molecule has 0 radical (unpaired) electrons. The molecule has 31 heavy (non-hydrogen) atoms. The van der Waals surface area contributed by atoms with Gasteiger partial charge in [0, 0.05) is 30.6 Å². The van der Waals surface area contributed by atoms with Crippen LogP contribution in [0, 0.1) is 0 Å². The molecule has 3 heterocycles. The summed E-state index contributed by atoms with van der Waals surface area (Å²) in [6, 6.07) is 14.8. The Balaban J connectivity index is 1.39. The van der Waals surface area contributed by atoms with Gasteiger partial charge >= 0.3 is 5.97 Å². The summed E-state index contributed by atoms with van der Waals surface area (Å²) in [5.74, 6) is 1.01. The molecule has 7 heteroatoms. The zero-order chi connectivity index (χ0) is 21.4. The first-order valence-corrected chi connectivity index (χ1v) is 10.7. The molecule has 0 aliphatic carbocycles. The molecule has 158 valence electrons. The van der Waals surface area contributed by atoms with E-state index in [0.717, 1.165) is 48.6 Å². The molecule has 2 aliphatic heterocycles. The minimum atomic E-state index is -1.27. The number of amides is 1. The Labute approximate surface area is 180 Å². The van der Waals surface area contributed by atoms with Gasteiger partial charge in [0.05, 0.1) is 5.56 Å². The van der Waals surface area contributed by atoms with E-state index in [1.807, 2.05) is 36.4 Å². The fourth-order valence-electron chi connectivity index (χ4n) is 4.36.